The number of allylic oxidation sites excluding steroid dienone is 2. The number of primary amides is 2. The first-order chi connectivity index (χ1) is 29.3. The van der Waals surface area contributed by atoms with Crippen LogP contribution in [0, 0.1) is 13.8 Å². The molecule has 0 aliphatic heterocycles. The Labute approximate surface area is 348 Å². The molecule has 7 rings (SSSR count). The molecule has 4 amide bonds. The van der Waals surface area contributed by atoms with Crippen LogP contribution < -0.4 is 37.9 Å². The van der Waals surface area contributed by atoms with Crippen LogP contribution in [-0.4, -0.2) is 74.4 Å². The lowest BCUT2D eigenvalue weighted by Crippen LogP contribution is -2.21. The number of fused-ring (bicyclic) bond motifs is 2. The highest BCUT2D eigenvalue weighted by atomic mass is 16.5. The van der Waals surface area contributed by atoms with Crippen molar-refractivity contribution in [3.63, 3.8) is 0 Å². The number of aryl methyl sites for hydroxylation is 4. The summed E-state index contributed by atoms with van der Waals surface area (Å²) in [4.78, 5) is 65.9. The molecule has 0 saturated heterocycles. The minimum atomic E-state index is -0.685. The SMILES string of the molecule is CCn1nc(C)cc1C(=O)Nc1nc2cc(C(N)=O)cc(NCc3ccc(OC)cc3)c2n1C/C=C/Cn1c(NC(=O)c2c(N)c(C)nn2CC)nc2cc(C(N)=O)cnc21. The van der Waals surface area contributed by atoms with Gasteiger partial charge in [0.05, 0.1) is 46.5 Å². The van der Waals surface area contributed by atoms with E-state index in [9.17, 15) is 19.2 Å². The summed E-state index contributed by atoms with van der Waals surface area (Å²) in [6.07, 6.45) is 5.00. The Bertz CT molecular complexity index is 2860. The average molecular weight is 828 g/mol. The number of hydrogen-bond acceptors (Lipinski definition) is 12. The largest absolute Gasteiger partial charge is 0.497 e. The van der Waals surface area contributed by atoms with E-state index in [2.05, 4.69) is 36.1 Å². The number of anilines is 4. The Morgan fingerprint density at radius 1 is 0.787 bits per heavy atom. The van der Waals surface area contributed by atoms with Gasteiger partial charge in [-0.3, -0.25) is 43.7 Å². The number of ether oxygens (including phenoxy) is 1. The fraction of sp³-hybridized carbons (Fsp3) is 0.244. The molecular formula is C41H45N15O5. The van der Waals surface area contributed by atoms with E-state index in [1.54, 1.807) is 53.0 Å². The van der Waals surface area contributed by atoms with Crippen molar-refractivity contribution in [1.82, 2.24) is 43.6 Å². The lowest BCUT2D eigenvalue weighted by molar-refractivity contribution is 0.0992. The standard InChI is InChI=1S/C41H45N15O5/c1-6-55-31(16-22(3)51-55)38(59)49-40-47-29-18-25(35(43)57)17-28(45-20-24-10-12-27(61-5)13-11-24)33(29)53(40)14-8-9-15-54-37-30(19-26(21-46-37)36(44)58)48-41(54)50-39(60)34-32(42)23(4)52-56(34)7-2/h8-13,16-19,21,45H,6-7,14-15,20,42H2,1-5H3,(H2,43,57)(H2,44,58)(H,47,49,59)(H,48,50,60)/b9-8+. The number of methoxy groups -OCH3 is 1. The molecule has 0 aliphatic rings. The van der Waals surface area contributed by atoms with E-state index in [0.29, 0.717) is 70.4 Å². The minimum Gasteiger partial charge on any atom is -0.497 e. The van der Waals surface area contributed by atoms with Gasteiger partial charge in [0, 0.05) is 44.5 Å². The molecule has 0 radical (unpaired) electrons. The molecule has 5 aromatic heterocycles. The molecule has 0 spiro atoms. The summed E-state index contributed by atoms with van der Waals surface area (Å²) in [6, 6.07) is 13.9. The van der Waals surface area contributed by atoms with E-state index < -0.39 is 23.6 Å². The molecule has 0 unspecified atom stereocenters. The average Bonchev–Trinajstić information content (AvgIpc) is 3.98. The number of imidazole rings is 2. The van der Waals surface area contributed by atoms with E-state index in [1.807, 2.05) is 50.3 Å². The van der Waals surface area contributed by atoms with Crippen molar-refractivity contribution in [2.45, 2.75) is 60.4 Å². The number of nitrogens with one attached hydrogen (secondary N) is 3. The van der Waals surface area contributed by atoms with E-state index in [4.69, 9.17) is 26.9 Å². The van der Waals surface area contributed by atoms with Crippen LogP contribution in [0.25, 0.3) is 22.2 Å². The highest BCUT2D eigenvalue weighted by Gasteiger charge is 2.24. The van der Waals surface area contributed by atoms with Gasteiger partial charge in [-0.05, 0) is 69.7 Å². The molecule has 0 aliphatic carbocycles. The van der Waals surface area contributed by atoms with Crippen LogP contribution >= 0.6 is 0 Å². The van der Waals surface area contributed by atoms with Crippen LogP contribution in [0.5, 0.6) is 5.75 Å². The van der Waals surface area contributed by atoms with Crippen molar-refractivity contribution in [3.05, 3.63) is 106 Å². The lowest BCUT2D eigenvalue weighted by Gasteiger charge is -2.14. The van der Waals surface area contributed by atoms with Gasteiger partial charge in [0.15, 0.2) is 5.65 Å². The summed E-state index contributed by atoms with van der Waals surface area (Å²) >= 11 is 0. The number of aromatic nitrogens is 9. The number of carbonyl (C=O) groups is 4. The van der Waals surface area contributed by atoms with Gasteiger partial charge in [-0.25, -0.2) is 15.0 Å². The molecule has 61 heavy (non-hydrogen) atoms. The highest BCUT2D eigenvalue weighted by Crippen LogP contribution is 2.31. The Balaban J connectivity index is 1.27. The highest BCUT2D eigenvalue weighted by molar-refractivity contribution is 6.07. The third-order valence-electron chi connectivity index (χ3n) is 9.95. The van der Waals surface area contributed by atoms with Crippen LogP contribution in [0.15, 0.2) is 66.9 Å². The van der Waals surface area contributed by atoms with Crippen LogP contribution in [-0.2, 0) is 32.7 Å². The molecule has 7 aromatic rings. The molecule has 2 aromatic carbocycles. The van der Waals surface area contributed by atoms with Crippen molar-refractivity contribution >= 4 is 69.1 Å². The molecule has 0 atom stereocenters. The molecule has 20 heteroatoms. The quantitative estimate of drug-likeness (QED) is 0.0755. The van der Waals surface area contributed by atoms with Crippen molar-refractivity contribution in [3.8, 4) is 5.75 Å². The maximum atomic E-state index is 13.8. The molecule has 5 heterocycles. The normalized spacial score (nSPS) is 11.4. The zero-order valence-corrected chi connectivity index (χ0v) is 34.2. The number of nitrogens with two attached hydrogens (primary N) is 3. The van der Waals surface area contributed by atoms with E-state index in [0.717, 1.165) is 5.56 Å². The number of nitrogens with zero attached hydrogens (tertiary/aromatic N) is 9. The van der Waals surface area contributed by atoms with E-state index in [-0.39, 0.29) is 47.5 Å². The van der Waals surface area contributed by atoms with Gasteiger partial charge in [0.2, 0.25) is 23.7 Å². The van der Waals surface area contributed by atoms with Crippen LogP contribution in [0.1, 0.15) is 72.5 Å². The van der Waals surface area contributed by atoms with Gasteiger partial charge in [-0.15, -0.1) is 0 Å². The number of benzene rings is 2. The predicted molar refractivity (Wildman–Crippen MR) is 229 cm³/mol. The van der Waals surface area contributed by atoms with E-state index >= 15 is 0 Å². The fourth-order valence-corrected chi connectivity index (χ4v) is 6.89. The first-order valence-electron chi connectivity index (χ1n) is 19.3. The Kier molecular flexibility index (Phi) is 11.5. The Hall–Kier alpha value is -8.03. The summed E-state index contributed by atoms with van der Waals surface area (Å²) in [6.45, 7) is 8.81. The lowest BCUT2D eigenvalue weighted by atomic mass is 10.1. The van der Waals surface area contributed by atoms with Crippen LogP contribution in [0.2, 0.25) is 0 Å². The molecule has 20 nitrogen and oxygen atoms in total. The third kappa shape index (κ3) is 8.31. The monoisotopic (exact) mass is 827 g/mol. The Morgan fingerprint density at radius 2 is 1.43 bits per heavy atom. The van der Waals surface area contributed by atoms with Gasteiger partial charge in [-0.1, -0.05) is 24.3 Å². The van der Waals surface area contributed by atoms with E-state index in [1.165, 1.54) is 16.9 Å². The van der Waals surface area contributed by atoms with Gasteiger partial charge in [-0.2, -0.15) is 10.2 Å². The summed E-state index contributed by atoms with van der Waals surface area (Å²) < 4.78 is 11.9. The molecule has 314 valence electrons. The zero-order chi connectivity index (χ0) is 43.5. The second-order valence-corrected chi connectivity index (χ2v) is 14.0. The van der Waals surface area contributed by atoms with Crippen LogP contribution in [0.4, 0.5) is 23.3 Å². The third-order valence-corrected chi connectivity index (χ3v) is 9.95. The second kappa shape index (κ2) is 17.1. The summed E-state index contributed by atoms with van der Waals surface area (Å²) in [5.74, 6) is -1.27. The summed E-state index contributed by atoms with van der Waals surface area (Å²) in [5, 5.41) is 18.0. The van der Waals surface area contributed by atoms with Crippen molar-refractivity contribution in [2.24, 2.45) is 11.5 Å². The van der Waals surface area contributed by atoms with Crippen LogP contribution in [0.3, 0.4) is 0 Å². The number of pyridine rings is 1. The molecule has 0 saturated carbocycles. The topological polar surface area (TPSA) is 276 Å². The number of amides is 4. The van der Waals surface area contributed by atoms with Gasteiger partial charge in [0.25, 0.3) is 11.8 Å². The van der Waals surface area contributed by atoms with Gasteiger partial charge >= 0.3 is 0 Å². The van der Waals surface area contributed by atoms with Crippen molar-refractivity contribution in [2.75, 3.05) is 28.8 Å². The first kappa shape index (κ1) is 41.1. The Morgan fingerprint density at radius 3 is 2.10 bits per heavy atom. The number of nitrogen functional groups attached to an aromatic ring is 1. The van der Waals surface area contributed by atoms with Crippen molar-refractivity contribution < 1.29 is 23.9 Å². The molecular weight excluding hydrogens is 783 g/mol. The minimum absolute atomic E-state index is 0.132. The maximum absolute atomic E-state index is 13.8. The zero-order valence-electron chi connectivity index (χ0n) is 34.2. The van der Waals surface area contributed by atoms with Crippen molar-refractivity contribution in [1.29, 1.82) is 0 Å². The maximum Gasteiger partial charge on any atom is 0.278 e. The molecule has 9 N–H and O–H groups in total. The molecule has 0 bridgehead atoms. The first-order valence-corrected chi connectivity index (χ1v) is 19.3. The molecule has 0 fully saturated rings. The van der Waals surface area contributed by atoms with Gasteiger partial charge < -0.3 is 31.8 Å². The fourth-order valence-electron chi connectivity index (χ4n) is 6.89. The predicted octanol–water partition coefficient (Wildman–Crippen LogP) is 3.99. The number of hydrogen-bond donors (Lipinski definition) is 6. The smallest absolute Gasteiger partial charge is 0.278 e. The number of carbonyl (C=O) groups excluding carboxylic acids is 4. The second-order valence-electron chi connectivity index (χ2n) is 14.0. The summed E-state index contributed by atoms with van der Waals surface area (Å²) in [5.41, 5.74) is 23.0. The van der Waals surface area contributed by atoms with Gasteiger partial charge in [0.1, 0.15) is 22.7 Å². The number of rotatable bonds is 16. The summed E-state index contributed by atoms with van der Waals surface area (Å²) in [7, 11) is 1.59.